The number of nitrogens with zero attached hydrogens (tertiary/aromatic N) is 5. The highest BCUT2D eigenvalue weighted by Gasteiger charge is 2.35. The zero-order valence-corrected chi connectivity index (χ0v) is 22.2. The van der Waals surface area contributed by atoms with Crippen molar-refractivity contribution in [3.05, 3.63) is 87.6 Å². The van der Waals surface area contributed by atoms with E-state index in [1.807, 2.05) is 48.5 Å². The van der Waals surface area contributed by atoms with Gasteiger partial charge < -0.3 is 9.47 Å². The van der Waals surface area contributed by atoms with Gasteiger partial charge in [-0.1, -0.05) is 55.8 Å². The van der Waals surface area contributed by atoms with Crippen LogP contribution in [-0.2, 0) is 27.1 Å². The lowest BCUT2D eigenvalue weighted by Gasteiger charge is -2.36. The average Bonchev–Trinajstić information content (AvgIpc) is 3.41. The van der Waals surface area contributed by atoms with Crippen molar-refractivity contribution in [3.8, 4) is 17.2 Å². The summed E-state index contributed by atoms with van der Waals surface area (Å²) in [6, 6.07) is 17.7. The first-order chi connectivity index (χ1) is 19.0. The second-order valence-corrected chi connectivity index (χ2v) is 9.72. The molecule has 9 nitrogen and oxygen atoms in total. The van der Waals surface area contributed by atoms with Crippen molar-refractivity contribution in [1.29, 1.82) is 5.26 Å². The van der Waals surface area contributed by atoms with Crippen molar-refractivity contribution in [2.75, 3.05) is 13.2 Å². The number of hydrogen-bond acceptors (Lipinski definition) is 7. The minimum Gasteiger partial charge on any atom is -0.464 e. The lowest BCUT2D eigenvalue weighted by molar-refractivity contribution is -0.153. The van der Waals surface area contributed by atoms with E-state index in [9.17, 15) is 14.9 Å². The standard InChI is InChI=1S/C30H31N5O4/c1-3-7-27-26(14-20-10-12-21(13-11-20)25-9-6-5-8-22(25)17-31)29(37)34(30-32-19-33-35(27)30)23-15-24(16-23)39-18-28(36)38-4-2/h5-6,8-13,19,23-24H,3-4,7,14-16,18H2,1-2H3. The van der Waals surface area contributed by atoms with E-state index < -0.39 is 0 Å². The van der Waals surface area contributed by atoms with Crippen molar-refractivity contribution in [1.82, 2.24) is 19.2 Å². The maximum Gasteiger partial charge on any atom is 0.332 e. The molecule has 0 spiro atoms. The highest BCUT2D eigenvalue weighted by molar-refractivity contribution is 5.71. The van der Waals surface area contributed by atoms with Gasteiger partial charge in [0.05, 0.1) is 30.0 Å². The SMILES string of the molecule is CCCc1c(Cc2ccc(-c3ccccc3C#N)cc2)c(=O)n(C2CC(OCC(=O)OCC)C2)c2ncnn12. The van der Waals surface area contributed by atoms with Crippen molar-refractivity contribution in [3.63, 3.8) is 0 Å². The normalized spacial score (nSPS) is 16.5. The van der Waals surface area contributed by atoms with Gasteiger partial charge in [0, 0.05) is 18.0 Å². The molecule has 2 aromatic carbocycles. The minimum absolute atomic E-state index is 0.0632. The quantitative estimate of drug-likeness (QED) is 0.285. The van der Waals surface area contributed by atoms with E-state index in [4.69, 9.17) is 9.47 Å². The van der Waals surface area contributed by atoms with Gasteiger partial charge in [0.25, 0.3) is 5.56 Å². The molecule has 0 amide bonds. The lowest BCUT2D eigenvalue weighted by Crippen LogP contribution is -2.41. The van der Waals surface area contributed by atoms with Gasteiger partial charge in [-0.2, -0.15) is 15.3 Å². The van der Waals surface area contributed by atoms with Crippen LogP contribution in [0.1, 0.15) is 61.5 Å². The first-order valence-corrected chi connectivity index (χ1v) is 13.4. The number of carbonyl (C=O) groups is 1. The van der Waals surface area contributed by atoms with Crippen LogP contribution in [0.25, 0.3) is 16.9 Å². The van der Waals surface area contributed by atoms with Gasteiger partial charge in [-0.25, -0.2) is 9.31 Å². The summed E-state index contributed by atoms with van der Waals surface area (Å²) in [5, 5.41) is 13.9. The Balaban J connectivity index is 1.43. The molecule has 0 unspecified atom stereocenters. The molecule has 39 heavy (non-hydrogen) atoms. The van der Waals surface area contributed by atoms with E-state index in [1.54, 1.807) is 16.0 Å². The number of aromatic nitrogens is 4. The molecule has 4 aromatic rings. The summed E-state index contributed by atoms with van der Waals surface area (Å²) in [4.78, 5) is 30.1. The number of esters is 1. The molecular weight excluding hydrogens is 494 g/mol. The molecule has 0 atom stereocenters. The maximum absolute atomic E-state index is 14.0. The van der Waals surface area contributed by atoms with E-state index >= 15 is 0 Å². The minimum atomic E-state index is -0.383. The van der Waals surface area contributed by atoms with Crippen LogP contribution in [0.15, 0.2) is 59.7 Å². The smallest absolute Gasteiger partial charge is 0.332 e. The highest BCUT2D eigenvalue weighted by atomic mass is 16.6. The van der Waals surface area contributed by atoms with Crippen LogP contribution in [0.2, 0.25) is 0 Å². The van der Waals surface area contributed by atoms with Gasteiger partial charge in [-0.05, 0) is 48.9 Å². The second kappa shape index (κ2) is 11.6. The van der Waals surface area contributed by atoms with Crippen molar-refractivity contribution >= 4 is 11.7 Å². The number of benzene rings is 2. The predicted molar refractivity (Wildman–Crippen MR) is 145 cm³/mol. The van der Waals surface area contributed by atoms with Gasteiger partial charge in [0.1, 0.15) is 12.9 Å². The van der Waals surface area contributed by atoms with Crippen LogP contribution in [0.5, 0.6) is 0 Å². The molecule has 200 valence electrons. The van der Waals surface area contributed by atoms with E-state index in [2.05, 4.69) is 23.1 Å². The average molecular weight is 526 g/mol. The van der Waals surface area contributed by atoms with Crippen LogP contribution in [0, 0.1) is 11.3 Å². The second-order valence-electron chi connectivity index (χ2n) is 9.72. The molecule has 0 aliphatic heterocycles. The lowest BCUT2D eigenvalue weighted by atomic mass is 9.88. The van der Waals surface area contributed by atoms with E-state index in [0.717, 1.165) is 28.8 Å². The van der Waals surface area contributed by atoms with Crippen LogP contribution in [0.3, 0.4) is 0 Å². The Morgan fingerprint density at radius 1 is 1.13 bits per heavy atom. The molecule has 0 bridgehead atoms. The molecule has 0 radical (unpaired) electrons. The van der Waals surface area contributed by atoms with E-state index in [1.165, 1.54) is 6.33 Å². The summed E-state index contributed by atoms with van der Waals surface area (Å²) in [7, 11) is 0. The predicted octanol–water partition coefficient (Wildman–Crippen LogP) is 4.26. The molecule has 0 N–H and O–H groups in total. The summed E-state index contributed by atoms with van der Waals surface area (Å²) in [6.07, 6.45) is 4.62. The third-order valence-corrected chi connectivity index (χ3v) is 7.18. The van der Waals surface area contributed by atoms with Crippen molar-refractivity contribution < 1.29 is 14.3 Å². The summed E-state index contributed by atoms with van der Waals surface area (Å²) in [5.41, 5.74) is 4.98. The third-order valence-electron chi connectivity index (χ3n) is 7.18. The van der Waals surface area contributed by atoms with Crippen LogP contribution < -0.4 is 5.56 Å². The van der Waals surface area contributed by atoms with Crippen molar-refractivity contribution in [2.24, 2.45) is 0 Å². The molecule has 0 saturated heterocycles. The molecular formula is C30H31N5O4. The Morgan fingerprint density at radius 2 is 1.90 bits per heavy atom. The number of aryl methyl sites for hydroxylation is 1. The fourth-order valence-corrected chi connectivity index (χ4v) is 5.19. The first-order valence-electron chi connectivity index (χ1n) is 13.4. The maximum atomic E-state index is 14.0. The highest BCUT2D eigenvalue weighted by Crippen LogP contribution is 2.35. The summed E-state index contributed by atoms with van der Waals surface area (Å²) < 4.78 is 14.1. The molecule has 1 saturated carbocycles. The zero-order chi connectivity index (χ0) is 27.4. The zero-order valence-electron chi connectivity index (χ0n) is 22.2. The Kier molecular flexibility index (Phi) is 7.84. The Bertz CT molecular complexity index is 1580. The van der Waals surface area contributed by atoms with Crippen LogP contribution in [-0.4, -0.2) is 44.5 Å². The molecule has 1 aliphatic rings. The number of nitriles is 1. The van der Waals surface area contributed by atoms with E-state index in [-0.39, 0.29) is 30.3 Å². The van der Waals surface area contributed by atoms with Crippen LogP contribution in [0.4, 0.5) is 0 Å². The molecule has 2 heterocycles. The fourth-order valence-electron chi connectivity index (χ4n) is 5.19. The topological polar surface area (TPSA) is 112 Å². The summed E-state index contributed by atoms with van der Waals surface area (Å²) >= 11 is 0. The number of ether oxygens (including phenoxy) is 2. The molecule has 1 aliphatic carbocycles. The van der Waals surface area contributed by atoms with Gasteiger partial charge in [-0.15, -0.1) is 0 Å². The number of fused-ring (bicyclic) bond motifs is 1. The Hall–Kier alpha value is -4.29. The largest absolute Gasteiger partial charge is 0.464 e. The van der Waals surface area contributed by atoms with Gasteiger partial charge >= 0.3 is 5.97 Å². The molecule has 2 aromatic heterocycles. The molecule has 9 heteroatoms. The third kappa shape index (κ3) is 5.33. The van der Waals surface area contributed by atoms with Crippen LogP contribution >= 0.6 is 0 Å². The molecule has 1 fully saturated rings. The van der Waals surface area contributed by atoms with Gasteiger partial charge in [-0.3, -0.25) is 9.36 Å². The fraction of sp³-hybridized carbons (Fsp3) is 0.367. The number of carbonyl (C=O) groups excluding carboxylic acids is 1. The Morgan fingerprint density at radius 3 is 2.62 bits per heavy atom. The first kappa shape index (κ1) is 26.3. The van der Waals surface area contributed by atoms with Gasteiger partial charge in [0.15, 0.2) is 0 Å². The summed E-state index contributed by atoms with van der Waals surface area (Å²) in [5.74, 6) is 0.149. The molecule has 5 rings (SSSR count). The summed E-state index contributed by atoms with van der Waals surface area (Å²) in [6.45, 7) is 4.07. The monoisotopic (exact) mass is 525 g/mol. The van der Waals surface area contributed by atoms with Crippen molar-refractivity contribution in [2.45, 2.75) is 58.1 Å². The van der Waals surface area contributed by atoms with Gasteiger partial charge in [0.2, 0.25) is 5.78 Å². The number of hydrogen-bond donors (Lipinski definition) is 0. The number of rotatable bonds is 10. The Labute approximate surface area is 226 Å². The van der Waals surface area contributed by atoms with E-state index in [0.29, 0.717) is 49.2 Å².